The van der Waals surface area contributed by atoms with Gasteiger partial charge >= 0.3 is 6.03 Å². The second-order valence-corrected chi connectivity index (χ2v) is 12.2. The smallest absolute Gasteiger partial charge is 0.323 e. The Labute approximate surface area is 263 Å². The number of carbonyl (C=O) groups excluding carboxylic acids is 1. The predicted octanol–water partition coefficient (Wildman–Crippen LogP) is 5.97. The number of nitrogens with zero attached hydrogens (tertiary/aromatic N) is 5. The van der Waals surface area contributed by atoms with Gasteiger partial charge in [0, 0.05) is 37.0 Å². The Balaban J connectivity index is 1.27. The molecule has 0 radical (unpaired) electrons. The maximum Gasteiger partial charge on any atom is 0.323 e. The Bertz CT molecular complexity index is 1840. The highest BCUT2D eigenvalue weighted by Gasteiger charge is 2.19. The topological polar surface area (TPSA) is 118 Å². The first kappa shape index (κ1) is 30.3. The van der Waals surface area contributed by atoms with E-state index in [0.29, 0.717) is 34.1 Å². The lowest BCUT2D eigenvalue weighted by Crippen LogP contribution is -2.39. The van der Waals surface area contributed by atoms with E-state index in [9.17, 15) is 4.79 Å². The molecular formula is C34H40N8O3. The van der Waals surface area contributed by atoms with E-state index in [4.69, 9.17) is 19.4 Å². The molecule has 5 aromatic rings. The van der Waals surface area contributed by atoms with Crippen molar-refractivity contribution in [3.63, 3.8) is 0 Å². The summed E-state index contributed by atoms with van der Waals surface area (Å²) in [5.41, 5.74) is 4.62. The van der Waals surface area contributed by atoms with Gasteiger partial charge in [0.1, 0.15) is 17.9 Å². The van der Waals surface area contributed by atoms with Crippen molar-refractivity contribution < 1.29 is 14.3 Å². The van der Waals surface area contributed by atoms with E-state index in [-0.39, 0.29) is 11.4 Å². The summed E-state index contributed by atoms with van der Waals surface area (Å²) >= 11 is 0. The Morgan fingerprint density at radius 1 is 0.978 bits per heavy atom. The fraction of sp³-hybridized carbons (Fsp3) is 0.353. The quantitative estimate of drug-likeness (QED) is 0.197. The molecule has 3 N–H and O–H groups in total. The van der Waals surface area contributed by atoms with Crippen molar-refractivity contribution in [3.05, 3.63) is 72.3 Å². The van der Waals surface area contributed by atoms with Crippen LogP contribution in [0.25, 0.3) is 27.6 Å². The minimum absolute atomic E-state index is 0.0775. The number of carbonyl (C=O) groups is 1. The summed E-state index contributed by atoms with van der Waals surface area (Å²) in [6.07, 6.45) is 1.78. The number of rotatable bonds is 8. The van der Waals surface area contributed by atoms with Gasteiger partial charge in [-0.2, -0.15) is 0 Å². The predicted molar refractivity (Wildman–Crippen MR) is 179 cm³/mol. The molecule has 0 saturated carbocycles. The van der Waals surface area contributed by atoms with Crippen molar-refractivity contribution >= 4 is 45.2 Å². The first-order chi connectivity index (χ1) is 21.7. The van der Waals surface area contributed by atoms with Gasteiger partial charge in [0.15, 0.2) is 17.0 Å². The Morgan fingerprint density at radius 2 is 1.73 bits per heavy atom. The zero-order chi connectivity index (χ0) is 31.6. The van der Waals surface area contributed by atoms with Crippen LogP contribution in [0, 0.1) is 6.92 Å². The molecule has 0 aliphatic carbocycles. The van der Waals surface area contributed by atoms with Crippen molar-refractivity contribution in [3.8, 4) is 11.4 Å². The summed E-state index contributed by atoms with van der Waals surface area (Å²) in [4.78, 5) is 29.8. The Morgan fingerprint density at radius 3 is 2.49 bits per heavy atom. The molecule has 11 heteroatoms. The van der Waals surface area contributed by atoms with Gasteiger partial charge in [-0.15, -0.1) is 0 Å². The highest BCUT2D eigenvalue weighted by Crippen LogP contribution is 2.34. The van der Waals surface area contributed by atoms with E-state index in [2.05, 4.69) is 46.6 Å². The molecule has 2 aromatic heterocycles. The van der Waals surface area contributed by atoms with Crippen molar-refractivity contribution in [2.45, 2.75) is 33.1 Å². The lowest BCUT2D eigenvalue weighted by Gasteiger charge is -2.26. The number of benzene rings is 3. The number of imidazole rings is 1. The molecule has 45 heavy (non-hydrogen) atoms. The highest BCUT2D eigenvalue weighted by molar-refractivity contribution is 6.08. The average Bonchev–Trinajstić information content (AvgIpc) is 3.45. The highest BCUT2D eigenvalue weighted by atomic mass is 16.5. The van der Waals surface area contributed by atoms with Gasteiger partial charge in [0.05, 0.1) is 37.4 Å². The lowest BCUT2D eigenvalue weighted by molar-refractivity contribution is 0.0398. The third-order valence-electron chi connectivity index (χ3n) is 8.05. The second-order valence-electron chi connectivity index (χ2n) is 12.2. The van der Waals surface area contributed by atoms with Gasteiger partial charge in [-0.25, -0.2) is 19.7 Å². The molecule has 2 amide bonds. The van der Waals surface area contributed by atoms with Gasteiger partial charge in [0.2, 0.25) is 0 Å². The van der Waals surface area contributed by atoms with Crippen molar-refractivity contribution in [1.29, 1.82) is 0 Å². The van der Waals surface area contributed by atoms with Crippen LogP contribution in [0.3, 0.4) is 0 Å². The number of ether oxygens (including phenoxy) is 2. The van der Waals surface area contributed by atoms with Crippen LogP contribution in [-0.4, -0.2) is 77.0 Å². The maximum absolute atomic E-state index is 13.3. The standard InChI is InChI=1S/C34H40N8O3/c1-22-37-31(35-14-15-41-16-18-45-19-17-41)30-32(38-22)42(21-36-30)28-12-11-26(24-8-6-7-9-25(24)28)39-33(43)40-27-20-23(34(2,3)4)10-13-29(27)44-5/h6-13,20-21H,14-19H2,1-5H3,(H,35,37,38)(H2,39,40,43). The van der Waals surface area contributed by atoms with Crippen LogP contribution in [-0.2, 0) is 10.2 Å². The first-order valence-electron chi connectivity index (χ1n) is 15.3. The number of aryl methyl sites for hydroxylation is 1. The monoisotopic (exact) mass is 608 g/mol. The summed E-state index contributed by atoms with van der Waals surface area (Å²) in [5.74, 6) is 1.97. The molecule has 1 saturated heterocycles. The van der Waals surface area contributed by atoms with Crippen molar-refractivity contribution in [2.75, 3.05) is 62.5 Å². The molecule has 0 atom stereocenters. The van der Waals surface area contributed by atoms with Crippen molar-refractivity contribution in [1.82, 2.24) is 24.4 Å². The minimum Gasteiger partial charge on any atom is -0.495 e. The molecule has 0 spiro atoms. The van der Waals surface area contributed by atoms with E-state index in [1.54, 1.807) is 13.4 Å². The van der Waals surface area contributed by atoms with Crippen LogP contribution in [0.15, 0.2) is 60.9 Å². The molecule has 234 valence electrons. The van der Waals surface area contributed by atoms with Crippen LogP contribution in [0.1, 0.15) is 32.2 Å². The maximum atomic E-state index is 13.3. The molecule has 0 unspecified atom stereocenters. The summed E-state index contributed by atoms with van der Waals surface area (Å²) in [6.45, 7) is 13.3. The van der Waals surface area contributed by atoms with Gasteiger partial charge in [-0.05, 0) is 42.2 Å². The van der Waals surface area contributed by atoms with Crippen molar-refractivity contribution in [2.24, 2.45) is 0 Å². The van der Waals surface area contributed by atoms with E-state index in [0.717, 1.165) is 67.2 Å². The average molecular weight is 609 g/mol. The number of hydrogen-bond donors (Lipinski definition) is 3. The number of urea groups is 1. The Hall–Kier alpha value is -4.74. The van der Waals surface area contributed by atoms with Crippen LogP contribution >= 0.6 is 0 Å². The number of fused-ring (bicyclic) bond motifs is 2. The third kappa shape index (κ3) is 6.54. The molecular weight excluding hydrogens is 568 g/mol. The molecule has 1 fully saturated rings. The number of morpholine rings is 1. The number of aromatic nitrogens is 4. The molecule has 3 heterocycles. The largest absolute Gasteiger partial charge is 0.495 e. The molecule has 1 aliphatic rings. The number of methoxy groups -OCH3 is 1. The normalized spacial score (nSPS) is 14.1. The van der Waals surface area contributed by atoms with E-state index >= 15 is 0 Å². The zero-order valence-corrected chi connectivity index (χ0v) is 26.5. The van der Waals surface area contributed by atoms with Gasteiger partial charge < -0.3 is 25.4 Å². The molecule has 11 nitrogen and oxygen atoms in total. The van der Waals surface area contributed by atoms with Crippen LogP contribution in [0.4, 0.5) is 22.0 Å². The lowest BCUT2D eigenvalue weighted by atomic mass is 9.87. The molecule has 0 bridgehead atoms. The van der Waals surface area contributed by atoms with Gasteiger partial charge in [0.25, 0.3) is 0 Å². The van der Waals surface area contributed by atoms with Crippen LogP contribution in [0.5, 0.6) is 5.75 Å². The van der Waals surface area contributed by atoms with Crippen LogP contribution in [0.2, 0.25) is 0 Å². The molecule has 1 aliphatic heterocycles. The first-order valence-corrected chi connectivity index (χ1v) is 15.3. The fourth-order valence-electron chi connectivity index (χ4n) is 5.62. The molecule has 3 aromatic carbocycles. The molecule has 6 rings (SSSR count). The Kier molecular flexibility index (Phi) is 8.55. The number of amides is 2. The van der Waals surface area contributed by atoms with Gasteiger partial charge in [-0.1, -0.05) is 51.1 Å². The third-order valence-corrected chi connectivity index (χ3v) is 8.05. The summed E-state index contributed by atoms with van der Waals surface area (Å²) < 4.78 is 13.0. The summed E-state index contributed by atoms with van der Waals surface area (Å²) in [5, 5.41) is 11.3. The second kappa shape index (κ2) is 12.7. The number of anilines is 3. The minimum atomic E-state index is -0.360. The van der Waals surface area contributed by atoms with Gasteiger partial charge in [-0.3, -0.25) is 9.47 Å². The summed E-state index contributed by atoms with van der Waals surface area (Å²) in [6, 6.07) is 17.3. The number of nitrogens with one attached hydrogen (secondary N) is 3. The zero-order valence-electron chi connectivity index (χ0n) is 26.5. The number of hydrogen-bond acceptors (Lipinski definition) is 8. The fourth-order valence-corrected chi connectivity index (χ4v) is 5.62. The van der Waals surface area contributed by atoms with E-state index < -0.39 is 0 Å². The van der Waals surface area contributed by atoms with E-state index in [1.165, 1.54) is 0 Å². The summed E-state index contributed by atoms with van der Waals surface area (Å²) in [7, 11) is 1.60. The SMILES string of the molecule is COc1ccc(C(C)(C)C)cc1NC(=O)Nc1ccc(-n2cnc3c(NCCN4CCOCC4)nc(C)nc32)c2ccccc12. The van der Waals surface area contributed by atoms with E-state index in [1.807, 2.05) is 66.1 Å². The van der Waals surface area contributed by atoms with Crippen LogP contribution < -0.4 is 20.7 Å².